The number of anilines is 2. The van der Waals surface area contributed by atoms with E-state index in [4.69, 9.17) is 27.9 Å². The van der Waals surface area contributed by atoms with Gasteiger partial charge >= 0.3 is 0 Å². The highest BCUT2D eigenvalue weighted by Gasteiger charge is 2.07. The van der Waals surface area contributed by atoms with E-state index in [1.165, 1.54) is 0 Å². The van der Waals surface area contributed by atoms with Crippen molar-refractivity contribution < 1.29 is 4.74 Å². The Bertz CT molecular complexity index is 1120. The molecule has 0 radical (unpaired) electrons. The van der Waals surface area contributed by atoms with Crippen molar-refractivity contribution in [1.29, 1.82) is 0 Å². The molecular weight excluding hydrogens is 485 g/mol. The first kappa shape index (κ1) is 20.7. The predicted molar refractivity (Wildman–Crippen MR) is 121 cm³/mol. The van der Waals surface area contributed by atoms with Gasteiger partial charge in [-0.15, -0.1) is 12.4 Å². The monoisotopic (exact) mass is 495 g/mol. The molecule has 0 unspecified atom stereocenters. The summed E-state index contributed by atoms with van der Waals surface area (Å²) in [6.45, 7) is 0. The molecule has 3 aromatic carbocycles. The molecule has 0 atom stereocenters. The average molecular weight is 498 g/mol. The van der Waals surface area contributed by atoms with Gasteiger partial charge in [0.25, 0.3) is 0 Å². The van der Waals surface area contributed by atoms with Crippen molar-refractivity contribution in [3.63, 3.8) is 0 Å². The minimum Gasteiger partial charge on any atom is -0.456 e. The van der Waals surface area contributed by atoms with Crippen LogP contribution >= 0.6 is 51.5 Å². The number of ether oxygens (including phenoxy) is 1. The third-order valence-corrected chi connectivity index (χ3v) is 4.86. The Hall–Kier alpha value is -2.05. The summed E-state index contributed by atoms with van der Waals surface area (Å²) in [4.78, 5) is 8.64. The minimum atomic E-state index is 0. The zero-order valence-corrected chi connectivity index (χ0v) is 18.1. The van der Waals surface area contributed by atoms with Crippen LogP contribution in [0.2, 0.25) is 10.0 Å². The lowest BCUT2D eigenvalue weighted by atomic mass is 10.2. The Labute approximate surface area is 186 Å². The maximum Gasteiger partial charge on any atom is 0.146 e. The van der Waals surface area contributed by atoms with Crippen LogP contribution in [-0.2, 0) is 0 Å². The standard InChI is InChI=1S/C20H12BrCl2N3O.ClH/c21-12-1-7-18-16(9-12)20(25-11-24-18)26-14-3-5-15(6-4-14)27-19-8-2-13(22)10-17(19)23;/h1-11H,(H,24,25,26);1H. The lowest BCUT2D eigenvalue weighted by molar-refractivity contribution is 0.483. The maximum absolute atomic E-state index is 6.15. The van der Waals surface area contributed by atoms with Gasteiger partial charge < -0.3 is 10.1 Å². The molecule has 0 amide bonds. The Kier molecular flexibility index (Phi) is 6.62. The molecule has 142 valence electrons. The van der Waals surface area contributed by atoms with Gasteiger partial charge in [0.15, 0.2) is 0 Å². The molecule has 1 aromatic heterocycles. The van der Waals surface area contributed by atoms with Crippen LogP contribution in [0.25, 0.3) is 10.9 Å². The summed E-state index contributed by atoms with van der Waals surface area (Å²) in [6.07, 6.45) is 1.54. The third kappa shape index (κ3) is 4.67. The number of nitrogens with one attached hydrogen (secondary N) is 1. The first-order valence-corrected chi connectivity index (χ1v) is 9.54. The van der Waals surface area contributed by atoms with Crippen molar-refractivity contribution in [2.45, 2.75) is 0 Å². The lowest BCUT2D eigenvalue weighted by Gasteiger charge is -2.11. The number of aromatic nitrogens is 2. The van der Waals surface area contributed by atoms with Crippen LogP contribution in [0.15, 0.2) is 71.5 Å². The summed E-state index contributed by atoms with van der Waals surface area (Å²) in [5, 5.41) is 5.27. The second-order valence-corrected chi connectivity index (χ2v) is 7.47. The lowest BCUT2D eigenvalue weighted by Crippen LogP contribution is -1.96. The number of nitrogens with zero attached hydrogens (tertiary/aromatic N) is 2. The summed E-state index contributed by atoms with van der Waals surface area (Å²) < 4.78 is 6.77. The van der Waals surface area contributed by atoms with Gasteiger partial charge in [-0.1, -0.05) is 39.1 Å². The number of hydrogen-bond acceptors (Lipinski definition) is 4. The van der Waals surface area contributed by atoms with Gasteiger partial charge in [-0.2, -0.15) is 0 Å². The van der Waals surface area contributed by atoms with Crippen LogP contribution in [-0.4, -0.2) is 9.97 Å². The predicted octanol–water partition coefficient (Wildman–Crippen LogP) is 7.66. The molecule has 0 aliphatic heterocycles. The van der Waals surface area contributed by atoms with E-state index in [9.17, 15) is 0 Å². The average Bonchev–Trinajstić information content (AvgIpc) is 2.66. The minimum absolute atomic E-state index is 0. The molecule has 8 heteroatoms. The van der Waals surface area contributed by atoms with E-state index in [1.807, 2.05) is 42.5 Å². The van der Waals surface area contributed by atoms with Crippen LogP contribution < -0.4 is 10.1 Å². The van der Waals surface area contributed by atoms with Crippen molar-refractivity contribution in [2.75, 3.05) is 5.32 Å². The molecule has 0 bridgehead atoms. The van der Waals surface area contributed by atoms with Gasteiger partial charge in [-0.05, 0) is 60.7 Å². The third-order valence-electron chi connectivity index (χ3n) is 3.84. The highest BCUT2D eigenvalue weighted by Crippen LogP contribution is 2.32. The fourth-order valence-electron chi connectivity index (χ4n) is 2.56. The Morgan fingerprint density at radius 2 is 1.68 bits per heavy atom. The number of hydrogen-bond donors (Lipinski definition) is 1. The van der Waals surface area contributed by atoms with Gasteiger partial charge in [0.2, 0.25) is 0 Å². The zero-order chi connectivity index (χ0) is 18.8. The van der Waals surface area contributed by atoms with Gasteiger partial charge in [0.05, 0.1) is 10.5 Å². The van der Waals surface area contributed by atoms with Gasteiger partial charge in [0.1, 0.15) is 23.6 Å². The number of rotatable bonds is 4. The smallest absolute Gasteiger partial charge is 0.146 e. The molecule has 4 nitrogen and oxygen atoms in total. The Morgan fingerprint density at radius 3 is 2.43 bits per heavy atom. The van der Waals surface area contributed by atoms with Gasteiger partial charge in [-0.25, -0.2) is 9.97 Å². The Morgan fingerprint density at radius 1 is 0.893 bits per heavy atom. The summed E-state index contributed by atoms with van der Waals surface area (Å²) in [7, 11) is 0. The molecule has 4 aromatic rings. The SMILES string of the molecule is Cl.Clc1ccc(Oc2ccc(Nc3ncnc4ccc(Br)cc34)cc2)c(Cl)c1. The van der Waals surface area contributed by atoms with Crippen molar-refractivity contribution in [3.8, 4) is 11.5 Å². The molecule has 4 rings (SSSR count). The van der Waals surface area contributed by atoms with Gasteiger partial charge in [0, 0.05) is 20.6 Å². The number of halogens is 4. The van der Waals surface area contributed by atoms with E-state index in [1.54, 1.807) is 24.5 Å². The topological polar surface area (TPSA) is 47.0 Å². The molecular formula is C20H13BrCl3N3O. The molecule has 28 heavy (non-hydrogen) atoms. The molecule has 1 heterocycles. The molecule has 0 saturated heterocycles. The van der Waals surface area contributed by atoms with Crippen molar-refractivity contribution >= 4 is 73.9 Å². The van der Waals surface area contributed by atoms with E-state index in [2.05, 4.69) is 31.2 Å². The zero-order valence-electron chi connectivity index (χ0n) is 14.2. The van der Waals surface area contributed by atoms with Crippen LogP contribution in [0, 0.1) is 0 Å². The Balaban J connectivity index is 0.00000225. The van der Waals surface area contributed by atoms with Gasteiger partial charge in [-0.3, -0.25) is 0 Å². The van der Waals surface area contributed by atoms with E-state index < -0.39 is 0 Å². The second kappa shape index (κ2) is 8.97. The molecule has 0 fully saturated rings. The van der Waals surface area contributed by atoms with E-state index >= 15 is 0 Å². The summed E-state index contributed by atoms with van der Waals surface area (Å²) in [5.74, 6) is 1.95. The summed E-state index contributed by atoms with van der Waals surface area (Å²) >= 11 is 15.5. The van der Waals surface area contributed by atoms with Crippen LogP contribution in [0.5, 0.6) is 11.5 Å². The molecule has 1 N–H and O–H groups in total. The van der Waals surface area contributed by atoms with Crippen molar-refractivity contribution in [1.82, 2.24) is 9.97 Å². The first-order valence-electron chi connectivity index (χ1n) is 7.99. The van der Waals surface area contributed by atoms with Crippen LogP contribution in [0.4, 0.5) is 11.5 Å². The normalized spacial score (nSPS) is 10.4. The molecule has 0 aliphatic carbocycles. The molecule has 0 saturated carbocycles. The van der Waals surface area contributed by atoms with Crippen LogP contribution in [0.3, 0.4) is 0 Å². The highest BCUT2D eigenvalue weighted by molar-refractivity contribution is 9.10. The van der Waals surface area contributed by atoms with E-state index in [0.717, 1.165) is 26.9 Å². The van der Waals surface area contributed by atoms with Crippen molar-refractivity contribution in [3.05, 3.63) is 81.5 Å². The summed E-state index contributed by atoms with van der Waals surface area (Å²) in [6, 6.07) is 18.5. The quantitative estimate of drug-likeness (QED) is 0.314. The summed E-state index contributed by atoms with van der Waals surface area (Å²) in [5.41, 5.74) is 1.75. The largest absolute Gasteiger partial charge is 0.456 e. The van der Waals surface area contributed by atoms with Crippen molar-refractivity contribution in [2.24, 2.45) is 0 Å². The fraction of sp³-hybridized carbons (Fsp3) is 0. The fourth-order valence-corrected chi connectivity index (χ4v) is 3.36. The number of fused-ring (bicyclic) bond motifs is 1. The van der Waals surface area contributed by atoms with Crippen LogP contribution in [0.1, 0.15) is 0 Å². The first-order chi connectivity index (χ1) is 13.1. The van der Waals surface area contributed by atoms with E-state index in [-0.39, 0.29) is 12.4 Å². The highest BCUT2D eigenvalue weighted by atomic mass is 79.9. The number of benzene rings is 3. The second-order valence-electron chi connectivity index (χ2n) is 5.71. The molecule has 0 spiro atoms. The molecule has 0 aliphatic rings. The van der Waals surface area contributed by atoms with E-state index in [0.29, 0.717) is 21.5 Å². The maximum atomic E-state index is 6.15.